The molecule has 4 aliphatic heterocycles. The van der Waals surface area contributed by atoms with Crippen molar-refractivity contribution in [2.45, 2.75) is 369 Å². The first-order valence-corrected chi connectivity index (χ1v) is 49.8. The van der Waals surface area contributed by atoms with Crippen LogP contribution in [0.2, 0.25) is 46.3 Å². The molecule has 27 heteroatoms. The molecule has 0 amide bonds. The van der Waals surface area contributed by atoms with Crippen molar-refractivity contribution in [1.29, 1.82) is 0 Å². The molecule has 2 aromatic rings. The lowest BCUT2D eigenvalue weighted by molar-refractivity contribution is -0.158. The zero-order valence-corrected chi connectivity index (χ0v) is 81.0. The summed E-state index contributed by atoms with van der Waals surface area (Å²) in [6.45, 7) is 48.4. The van der Waals surface area contributed by atoms with Crippen LogP contribution in [0.4, 0.5) is 4.39 Å². The quantitative estimate of drug-likeness (QED) is 0.00710. The van der Waals surface area contributed by atoms with E-state index in [1.807, 2.05) is 95.3 Å². The molecular weight excluding hydrogens is 1650 g/mol. The Bertz CT molecular complexity index is 3730. The molecule has 6 rings (SSSR count). The van der Waals surface area contributed by atoms with Gasteiger partial charge in [-0.3, -0.25) is 28.9 Å². The van der Waals surface area contributed by atoms with Gasteiger partial charge in [0.1, 0.15) is 47.8 Å². The molecule has 123 heavy (non-hydrogen) atoms. The fraction of sp³-hybridized carbons (Fsp3) is 0.698. The number of rotatable bonds is 35. The normalized spacial score (nSPS) is 28.1. The average molecular weight is 1810 g/mol. The third-order valence-electron chi connectivity index (χ3n) is 24.6. The zero-order chi connectivity index (χ0) is 91.6. The minimum Gasteiger partial charge on any atom is -0.457 e. The van der Waals surface area contributed by atoms with E-state index in [9.17, 15) is 44.4 Å². The molecule has 702 valence electrons. The molecule has 2 saturated heterocycles. The molecule has 22 nitrogen and oxygen atoms in total. The number of halogens is 3. The molecular formula is C96H159Cl2FN2O20Si2. The van der Waals surface area contributed by atoms with Crippen LogP contribution in [0.1, 0.15) is 229 Å². The van der Waals surface area contributed by atoms with Crippen molar-refractivity contribution in [2.75, 3.05) is 40.5 Å². The van der Waals surface area contributed by atoms with Crippen LogP contribution in [-0.2, 0) is 83.8 Å². The maximum atomic E-state index is 15.6. The molecule has 2 fully saturated rings. The van der Waals surface area contributed by atoms with Crippen molar-refractivity contribution >= 4 is 69.5 Å². The third kappa shape index (κ3) is 36.7. The van der Waals surface area contributed by atoms with Crippen LogP contribution in [0.5, 0.6) is 0 Å². The molecule has 21 atom stereocenters. The summed E-state index contributed by atoms with van der Waals surface area (Å²) in [5.41, 5.74) is -3.01. The van der Waals surface area contributed by atoms with E-state index >= 15 is 4.39 Å². The second kappa shape index (κ2) is 51.3. The Morgan fingerprint density at radius 1 is 0.626 bits per heavy atom. The number of hydrogen-bond acceptors (Lipinski definition) is 22. The van der Waals surface area contributed by atoms with E-state index in [-0.39, 0.29) is 106 Å². The van der Waals surface area contributed by atoms with Crippen LogP contribution in [0.25, 0.3) is 0 Å². The van der Waals surface area contributed by atoms with Gasteiger partial charge in [0.2, 0.25) is 5.78 Å². The Balaban J connectivity index is 0.000000726. The predicted octanol–water partition coefficient (Wildman–Crippen LogP) is 18.4. The van der Waals surface area contributed by atoms with E-state index in [1.165, 1.54) is 38.5 Å². The number of aliphatic hydroxyl groups is 5. The van der Waals surface area contributed by atoms with E-state index in [0.717, 1.165) is 48.5 Å². The Morgan fingerprint density at radius 2 is 1.03 bits per heavy atom. The number of alkyl halides is 1. The molecule has 2 aromatic carbocycles. The van der Waals surface area contributed by atoms with Crippen LogP contribution in [0.3, 0.4) is 0 Å². The van der Waals surface area contributed by atoms with E-state index in [4.69, 9.17) is 75.1 Å². The number of allylic oxidation sites excluding steroid dienone is 5. The Labute approximate surface area is 750 Å². The summed E-state index contributed by atoms with van der Waals surface area (Å²) < 4.78 is 75.7. The van der Waals surface area contributed by atoms with Crippen molar-refractivity contribution in [1.82, 2.24) is 10.2 Å². The highest BCUT2D eigenvalue weighted by Gasteiger charge is 2.57. The third-order valence-corrected chi connectivity index (χ3v) is 34.2. The van der Waals surface area contributed by atoms with Crippen molar-refractivity contribution in [3.8, 4) is 0 Å². The molecule has 4 heterocycles. The first-order valence-electron chi connectivity index (χ1n) is 43.3. The summed E-state index contributed by atoms with van der Waals surface area (Å²) in [5, 5.41) is 58.4. The number of Topliss-reactive ketones (excluding diaryl/α,β-unsaturated/α-hetero) is 1. The van der Waals surface area contributed by atoms with Gasteiger partial charge in [-0.1, -0.05) is 188 Å². The number of esters is 4. The average Bonchev–Trinajstić information content (AvgIpc) is 1.61. The first kappa shape index (κ1) is 114. The lowest BCUT2D eigenvalue weighted by Crippen LogP contribution is -2.54. The van der Waals surface area contributed by atoms with Gasteiger partial charge in [-0.2, -0.15) is 0 Å². The van der Waals surface area contributed by atoms with Crippen molar-refractivity contribution in [3.63, 3.8) is 0 Å². The van der Waals surface area contributed by atoms with Gasteiger partial charge < -0.3 is 77.6 Å². The number of ether oxygens (including phenoxy) is 8. The number of carbonyl (C=O) groups is 5. The summed E-state index contributed by atoms with van der Waals surface area (Å²) >= 11 is 12.0. The SMILES string of the molecule is C.C.CC[C@H](OC)[C@@H](C)C1O[C@@H]1C(=O)C(C)(F)/C=C/C=C(\C)[C@H]1OC(=O)C[C@H](O[Si](C)(C)C(C)(C)C)CC[C@@](C)(O)[C@@H](OC(C)=O)/C=C/[C@@H]1C.CC[C@H](OC)[C@@H](C)C1O[C@@H]1C(N(CCCO)Cc1ccc(Cl)cc1)C(C)(O)/C=C/C=C(\C)[C@H]1OC(=O)C[C@H](O[Si](C)(C)C(C)(C)C)CC[C@@](C)(O)[C@@H](OC(C)=O)/C=C/[C@@H]1C.OCCCNCc1ccc(Cl)cc1. The molecule has 0 radical (unpaired) electrons. The maximum absolute atomic E-state index is 15.6. The summed E-state index contributed by atoms with van der Waals surface area (Å²) in [7, 11) is -1.32. The number of nitrogens with zero attached hydrogens (tertiary/aromatic N) is 1. The minimum absolute atomic E-state index is 0. The lowest BCUT2D eigenvalue weighted by Gasteiger charge is -2.40. The molecule has 5 unspecified atom stereocenters. The Kier molecular flexibility index (Phi) is 47.5. The number of methoxy groups -OCH3 is 2. The van der Waals surface area contributed by atoms with Crippen molar-refractivity contribution in [2.24, 2.45) is 23.7 Å². The molecule has 0 spiro atoms. The van der Waals surface area contributed by atoms with Crippen LogP contribution in [0, 0.1) is 23.7 Å². The Hall–Kier alpha value is -5.15. The Morgan fingerprint density at radius 3 is 1.42 bits per heavy atom. The largest absolute Gasteiger partial charge is 0.457 e. The summed E-state index contributed by atoms with van der Waals surface area (Å²) in [6.07, 6.45) is 14.2. The fourth-order valence-corrected chi connectivity index (χ4v) is 17.9. The van der Waals surface area contributed by atoms with Crippen LogP contribution in [-0.4, -0.2) is 219 Å². The van der Waals surface area contributed by atoms with Gasteiger partial charge in [0.25, 0.3) is 0 Å². The smallest absolute Gasteiger partial charge is 0.308 e. The standard InChI is InChI=1S/C47H76ClNO10Si.C37H61FO9Si.C10H14ClNO.2CH4/c1-14-38(55-11)33(4)42-43(58-42)44(49(27-16-28-50)30-35-19-21-36(48)22-20-35)47(10,54)25-15-17-31(2)41-32(3)18-23-39(56-34(5)51)46(9,53)26-24-37(29-40(52)57-41)59-60(12,13)45(6,7)8;1-14-28(43-11)25(4)32-33(46-32)34(41)36(9,38)20-15-16-23(2)31-24(3)17-18-29(44-26(5)39)37(10,42)21-19-27(22-30(40)45-31)47-48(12,13)35(6,7)8;11-10-4-2-9(3-5-10)8-12-6-1-7-13;;/h15,17-23,25,32-33,37-39,41-44,50,53-54H,14,16,24,26-30H2,1-13H3;15-18,20,24-25,27-29,31-33,42H,14,19,21-22H2,1-13H3;2-5,12-13H,1,6-8H2;2*1H4/b23-18+,25-15+,31-17+;18-17+,20-15+,23-16+;;;/t32-,33+,37+,38-,39-,41+,42?,43-,44?,46+,47?;24-,25+,27+,28-,29-,31+,32?,33-,36?,37+;;;/m00.../s1. The van der Waals surface area contributed by atoms with Gasteiger partial charge in [-0.15, -0.1) is 0 Å². The predicted molar refractivity (Wildman–Crippen MR) is 495 cm³/mol. The van der Waals surface area contributed by atoms with Gasteiger partial charge in [0.05, 0.1) is 61.1 Å². The topological polar surface area (TPSA) is 301 Å². The number of aliphatic hydroxyl groups excluding tert-OH is 2. The molecule has 0 aromatic heterocycles. The number of epoxide rings is 2. The molecule has 4 aliphatic rings. The van der Waals surface area contributed by atoms with Gasteiger partial charge in [0, 0.05) is 94.6 Å². The van der Waals surface area contributed by atoms with Gasteiger partial charge in [-0.05, 0) is 200 Å². The monoisotopic (exact) mass is 1810 g/mol. The highest BCUT2D eigenvalue weighted by atomic mass is 35.5. The lowest BCUT2D eigenvalue weighted by atomic mass is 9.85. The van der Waals surface area contributed by atoms with Crippen molar-refractivity contribution in [3.05, 3.63) is 142 Å². The highest BCUT2D eigenvalue weighted by Crippen LogP contribution is 2.45. The van der Waals surface area contributed by atoms with E-state index in [2.05, 4.69) is 91.8 Å². The molecule has 6 N–H and O–H groups in total. The van der Waals surface area contributed by atoms with Crippen LogP contribution >= 0.6 is 23.2 Å². The van der Waals surface area contributed by atoms with Gasteiger partial charge in [0.15, 0.2) is 22.3 Å². The minimum atomic E-state index is -2.33. The van der Waals surface area contributed by atoms with Crippen LogP contribution < -0.4 is 5.32 Å². The first-order chi connectivity index (χ1) is 56.2. The molecule has 0 saturated carbocycles. The number of hydrogen-bond donors (Lipinski definition) is 6. The number of ketones is 1. The number of nitrogens with one attached hydrogen (secondary N) is 1. The maximum Gasteiger partial charge on any atom is 0.308 e. The number of benzene rings is 2. The van der Waals surface area contributed by atoms with E-state index in [0.29, 0.717) is 42.9 Å². The van der Waals surface area contributed by atoms with Crippen molar-refractivity contribution < 1.29 is 101 Å². The molecule has 0 aliphatic carbocycles. The van der Waals surface area contributed by atoms with Crippen LogP contribution in [0.15, 0.2) is 120 Å². The number of cyclic esters (lactones) is 2. The highest BCUT2D eigenvalue weighted by molar-refractivity contribution is 6.74. The van der Waals surface area contributed by atoms with Gasteiger partial charge in [-0.25, -0.2) is 4.39 Å². The van der Waals surface area contributed by atoms with E-state index in [1.54, 1.807) is 78.4 Å². The summed E-state index contributed by atoms with van der Waals surface area (Å²) in [5.74, 6) is -3.37. The summed E-state index contributed by atoms with van der Waals surface area (Å²) in [4.78, 5) is 66.6. The van der Waals surface area contributed by atoms with E-state index < -0.39 is 130 Å². The molecule has 0 bridgehead atoms. The zero-order valence-electron chi connectivity index (χ0n) is 77.5. The summed E-state index contributed by atoms with van der Waals surface area (Å²) in [6, 6.07) is 14.9. The fourth-order valence-electron chi connectivity index (χ4n) is 14.9. The second-order valence-electron chi connectivity index (χ2n) is 37.4. The van der Waals surface area contributed by atoms with Gasteiger partial charge >= 0.3 is 23.9 Å². The number of carbonyl (C=O) groups excluding carboxylic acids is 5. The second-order valence-corrected chi connectivity index (χ2v) is 47.8.